The van der Waals surface area contributed by atoms with Gasteiger partial charge in [-0.05, 0) is 131 Å². The molecule has 123 heavy (non-hydrogen) atoms. The topological polar surface area (TPSA) is 620 Å². The van der Waals surface area contributed by atoms with Crippen LogP contribution in [0, 0.1) is 17.8 Å². The summed E-state index contributed by atoms with van der Waals surface area (Å²) in [6.45, 7) is 13.1. The molecule has 0 spiro atoms. The molecule has 39 heteroatoms. The fourth-order valence-corrected chi connectivity index (χ4v) is 14.9. The minimum atomic E-state index is -1.91. The zero-order valence-electron chi connectivity index (χ0n) is 70.3. The lowest BCUT2D eigenvalue weighted by Gasteiger charge is -2.31. The number of carboxylic acids is 3. The average Bonchev–Trinajstić information content (AvgIpc) is 1.72. The molecule has 2 saturated heterocycles. The van der Waals surface area contributed by atoms with E-state index >= 15 is 0 Å². The minimum Gasteiger partial charge on any atom is -0.481 e. The van der Waals surface area contributed by atoms with Crippen molar-refractivity contribution < 1.29 is 102 Å². The van der Waals surface area contributed by atoms with Gasteiger partial charge in [-0.3, -0.25) is 76.7 Å². The number of para-hydroxylation sites is 2. The number of benzene rings is 3. The van der Waals surface area contributed by atoms with Crippen molar-refractivity contribution in [2.75, 3.05) is 19.6 Å². The standard InChI is InChI=1S/C84H118N18O21/c1-43(2)32-56(73(111)94-60(37-50-42-89-54-25-15-13-23-52(50)54)76(114)97-62(34-45(5)6)82(120)101-30-19-28-66(101)80(118)99-64(84(122)123)40-69(107)108)92-72(110)55(26-16-17-29-85)90-81(119)70(47(8)103)100-78(116)57(33-44(3)4)96-79(117)65-27-18-31-102(65)83(121)63(39-68(105)106)98-74(112)58(35-48-20-10-9-11-21-48)93-75(113)59(36-49-41-88-53-24-14-12-22-51(49)53)95-77(115)61(38-67(87)104)91-71(109)46(7)86/h9-15,20-25,41-47,55-66,70,88-89,103H,16-19,26-40,85-86H2,1-8H3,(H2,87,104)(H,90,119)(H,91,109)(H,92,110)(H,93,113)(H,94,111)(H,95,115)(H,96,117)(H,97,114)(H,98,112)(H,99,118)(H,100,116)(H,105,106)(H,107,108)(H,122,123)/t46-,47+,55-,56-,57-,58-,59-,60-,61-,62-,63-,64-,65-,66-,70-/m0/s1. The molecule has 2 aromatic heterocycles. The van der Waals surface area contributed by atoms with Crippen LogP contribution in [0.1, 0.15) is 156 Å². The van der Waals surface area contributed by atoms with E-state index in [0.717, 1.165) is 4.90 Å². The van der Waals surface area contributed by atoms with Crippen LogP contribution >= 0.6 is 0 Å². The van der Waals surface area contributed by atoms with Crippen LogP contribution in [0.3, 0.4) is 0 Å². The van der Waals surface area contributed by atoms with Gasteiger partial charge in [0.1, 0.15) is 78.5 Å². The highest BCUT2D eigenvalue weighted by molar-refractivity contribution is 6.02. The number of H-pyrrole nitrogens is 2. The Labute approximate surface area is 710 Å². The third-order valence-electron chi connectivity index (χ3n) is 21.1. The smallest absolute Gasteiger partial charge is 0.326 e. The lowest BCUT2D eigenvalue weighted by atomic mass is 9.98. The van der Waals surface area contributed by atoms with Gasteiger partial charge in [0.15, 0.2) is 0 Å². The Bertz CT molecular complexity index is 4590. The second kappa shape index (κ2) is 46.6. The van der Waals surface area contributed by atoms with Gasteiger partial charge in [-0.15, -0.1) is 0 Å². The van der Waals surface area contributed by atoms with E-state index in [2.05, 4.69) is 68.5 Å². The molecule has 670 valence electrons. The zero-order chi connectivity index (χ0) is 90.6. The van der Waals surface area contributed by atoms with Crippen LogP contribution in [0.2, 0.25) is 0 Å². The average molecular weight is 1720 g/mol. The quantitative estimate of drug-likeness (QED) is 0.0205. The molecule has 5 aromatic rings. The highest BCUT2D eigenvalue weighted by atomic mass is 16.4. The van der Waals surface area contributed by atoms with Gasteiger partial charge in [0.25, 0.3) is 0 Å². The number of nitrogens with zero attached hydrogens (tertiary/aromatic N) is 2. The summed E-state index contributed by atoms with van der Waals surface area (Å²) in [5.41, 5.74) is 20.0. The van der Waals surface area contributed by atoms with Gasteiger partial charge in [0, 0.05) is 66.6 Å². The molecular formula is C84H118N18O21. The van der Waals surface area contributed by atoms with E-state index in [4.69, 9.17) is 17.2 Å². The van der Waals surface area contributed by atoms with Crippen molar-refractivity contribution in [3.63, 3.8) is 0 Å². The predicted molar refractivity (Wildman–Crippen MR) is 447 cm³/mol. The number of primary amides is 1. The summed E-state index contributed by atoms with van der Waals surface area (Å²) >= 11 is 0. The number of aromatic nitrogens is 2. The van der Waals surface area contributed by atoms with Crippen molar-refractivity contribution in [1.82, 2.24) is 78.3 Å². The number of fused-ring (bicyclic) bond motifs is 2. The Morgan fingerprint density at radius 1 is 0.423 bits per heavy atom. The molecule has 23 N–H and O–H groups in total. The van der Waals surface area contributed by atoms with Gasteiger partial charge < -0.3 is 116 Å². The lowest BCUT2D eigenvalue weighted by Crippen LogP contribution is -2.62. The number of unbranched alkanes of at least 4 members (excludes halogenated alkanes) is 1. The summed E-state index contributed by atoms with van der Waals surface area (Å²) in [6, 6.07) is 1.02. The molecule has 3 aromatic carbocycles. The number of aromatic amines is 2. The second-order valence-corrected chi connectivity index (χ2v) is 32.7. The first-order valence-corrected chi connectivity index (χ1v) is 41.4. The highest BCUT2D eigenvalue weighted by Gasteiger charge is 2.45. The number of carboxylic acid groups (broad SMARTS) is 3. The number of likely N-dealkylation sites (tertiary alicyclic amines) is 2. The molecule has 0 saturated carbocycles. The number of aliphatic hydroxyl groups excluding tert-OH is 1. The molecule has 0 radical (unpaired) electrons. The molecule has 0 unspecified atom stereocenters. The monoisotopic (exact) mass is 1710 g/mol. The number of amides is 14. The van der Waals surface area contributed by atoms with E-state index in [9.17, 15) is 102 Å². The third-order valence-corrected chi connectivity index (χ3v) is 21.1. The number of hydrogen-bond acceptors (Lipinski definition) is 20. The van der Waals surface area contributed by atoms with Gasteiger partial charge in [-0.1, -0.05) is 108 Å². The molecule has 4 heterocycles. The van der Waals surface area contributed by atoms with Crippen LogP contribution in [-0.2, 0) is 101 Å². The van der Waals surface area contributed by atoms with Crippen molar-refractivity contribution in [3.8, 4) is 0 Å². The molecule has 15 atom stereocenters. The first-order valence-electron chi connectivity index (χ1n) is 41.4. The summed E-state index contributed by atoms with van der Waals surface area (Å²) in [4.78, 5) is 245. The van der Waals surface area contributed by atoms with Crippen LogP contribution < -0.4 is 75.7 Å². The molecule has 2 fully saturated rings. The molecule has 39 nitrogen and oxygen atoms in total. The number of aliphatic hydroxyl groups is 1. The number of nitrogens with two attached hydrogens (primary N) is 3. The molecule has 7 rings (SSSR count). The number of hydrogen-bond donors (Lipinski definition) is 20. The summed E-state index contributed by atoms with van der Waals surface area (Å²) in [5.74, 6) is -18.8. The molecule has 0 aliphatic carbocycles. The van der Waals surface area contributed by atoms with Crippen molar-refractivity contribution in [2.45, 2.75) is 249 Å². The Kier molecular flexibility index (Phi) is 37.0. The summed E-state index contributed by atoms with van der Waals surface area (Å²) in [5, 5.41) is 70.4. The predicted octanol–water partition coefficient (Wildman–Crippen LogP) is -1.10. The van der Waals surface area contributed by atoms with E-state index in [1.807, 2.05) is 0 Å². The number of carbonyl (C=O) groups excluding carboxylic acids is 14. The zero-order valence-corrected chi connectivity index (χ0v) is 70.3. The van der Waals surface area contributed by atoms with Gasteiger partial charge in [0.05, 0.1) is 31.4 Å². The van der Waals surface area contributed by atoms with Crippen molar-refractivity contribution in [2.24, 2.45) is 35.0 Å². The van der Waals surface area contributed by atoms with Crippen molar-refractivity contribution in [1.29, 1.82) is 0 Å². The normalized spacial score (nSPS) is 17.1. The molecule has 0 bridgehead atoms. The van der Waals surface area contributed by atoms with Crippen LogP contribution in [0.25, 0.3) is 21.8 Å². The minimum absolute atomic E-state index is 0.0236. The third kappa shape index (κ3) is 29.2. The summed E-state index contributed by atoms with van der Waals surface area (Å²) in [6.07, 6.45) is -1.01. The van der Waals surface area contributed by atoms with Gasteiger partial charge in [-0.25, -0.2) is 4.79 Å². The number of nitrogens with one attached hydrogen (secondary N) is 13. The Balaban J connectivity index is 1.08. The Morgan fingerprint density at radius 3 is 1.27 bits per heavy atom. The van der Waals surface area contributed by atoms with Crippen LogP contribution in [0.5, 0.6) is 0 Å². The van der Waals surface area contributed by atoms with Crippen molar-refractivity contribution in [3.05, 3.63) is 108 Å². The first-order chi connectivity index (χ1) is 58.2. The lowest BCUT2D eigenvalue weighted by molar-refractivity contribution is -0.148. The fourth-order valence-electron chi connectivity index (χ4n) is 14.9. The van der Waals surface area contributed by atoms with E-state index in [-0.39, 0.29) is 108 Å². The first kappa shape index (κ1) is 97.7. The molecule has 2 aliphatic rings. The maximum atomic E-state index is 15.0. The van der Waals surface area contributed by atoms with Crippen LogP contribution in [0.4, 0.5) is 0 Å². The Morgan fingerprint density at radius 2 is 0.805 bits per heavy atom. The van der Waals surface area contributed by atoms with E-state index in [0.29, 0.717) is 51.3 Å². The molecule has 2 aliphatic heterocycles. The maximum absolute atomic E-state index is 15.0. The second-order valence-electron chi connectivity index (χ2n) is 32.7. The van der Waals surface area contributed by atoms with Gasteiger partial charge in [0.2, 0.25) is 82.7 Å². The number of carbonyl (C=O) groups is 17. The summed E-state index contributed by atoms with van der Waals surface area (Å²) < 4.78 is 0. The molecule has 14 amide bonds. The van der Waals surface area contributed by atoms with Gasteiger partial charge in [-0.2, -0.15) is 0 Å². The summed E-state index contributed by atoms with van der Waals surface area (Å²) in [7, 11) is 0. The largest absolute Gasteiger partial charge is 0.481 e. The molecular weight excluding hydrogens is 1600 g/mol. The van der Waals surface area contributed by atoms with Crippen LogP contribution in [0.15, 0.2) is 91.3 Å². The van der Waals surface area contributed by atoms with E-state index in [1.54, 1.807) is 133 Å². The number of aliphatic carboxylic acids is 3. The SMILES string of the molecule is CC(C)C[C@H](NC(=O)[C@H](CCCCN)NC(=O)[C@@H](NC(=O)[C@H](CC(C)C)NC(=O)[C@@H]1CCCN1C(=O)[C@H](CC(=O)O)NC(=O)[C@H](Cc1ccccc1)NC(=O)[C@H](Cc1c[nH]c2ccccc12)NC(=O)[C@H](CC(N)=O)NC(=O)[C@H](C)N)[C@@H](C)O)C(=O)N[C@@H](Cc1c[nH]c2ccccc12)C(=O)N[C@@H](CC(C)C)C(=O)N1CCC[C@H]1C(=O)N[C@@H](CC(=O)O)C(=O)O. The maximum Gasteiger partial charge on any atom is 0.326 e. The van der Waals surface area contributed by atoms with Crippen LogP contribution in [-0.4, -0.2) is 251 Å². The van der Waals surface area contributed by atoms with Crippen molar-refractivity contribution >= 4 is 122 Å². The number of rotatable bonds is 48. The fraction of sp³-hybridized carbons (Fsp3) is 0.536. The highest BCUT2D eigenvalue weighted by Crippen LogP contribution is 2.26. The Hall–Kier alpha value is -12.4. The van der Waals surface area contributed by atoms with Gasteiger partial charge >= 0.3 is 17.9 Å². The van der Waals surface area contributed by atoms with E-state index in [1.165, 1.54) is 18.7 Å². The van der Waals surface area contributed by atoms with E-state index < -0.39 is 211 Å².